The van der Waals surface area contributed by atoms with E-state index in [9.17, 15) is 4.79 Å². The van der Waals surface area contributed by atoms with Gasteiger partial charge in [0.05, 0.1) is 12.5 Å². The predicted octanol–water partition coefficient (Wildman–Crippen LogP) is -0.949. The molecule has 0 rings (SSSR count). The van der Waals surface area contributed by atoms with Gasteiger partial charge in [-0.05, 0) is 6.92 Å². The minimum absolute atomic E-state index is 0. The van der Waals surface area contributed by atoms with E-state index in [1.54, 1.807) is 0 Å². The zero-order valence-corrected chi connectivity index (χ0v) is 4.09. The average molecular weight is 128 g/mol. The van der Waals surface area contributed by atoms with Crippen LogP contribution in [0.4, 0.5) is 0 Å². The van der Waals surface area contributed by atoms with Crippen molar-refractivity contribution in [1.82, 2.24) is 0 Å². The number of hydrogen-bond donors (Lipinski definition) is 2. The Labute approximate surface area is 70.0 Å². The molecule has 0 fully saturated rings. The number of aliphatic carboxylic acids is 1. The van der Waals surface area contributed by atoms with Crippen molar-refractivity contribution in [2.24, 2.45) is 5.92 Å². The monoisotopic (exact) mass is 128 g/mol. The first-order valence-corrected chi connectivity index (χ1v) is 2.02. The van der Waals surface area contributed by atoms with Crippen LogP contribution in [0.2, 0.25) is 0 Å². The molecular weight excluding hydrogens is 119 g/mol. The number of aliphatic hydroxyl groups is 1. The van der Waals surface area contributed by atoms with Gasteiger partial charge in [0.15, 0.2) is 0 Å². The molecule has 4 heteroatoms. The summed E-state index contributed by atoms with van der Waals surface area (Å²) in [5, 5.41) is 16.1. The third-order valence-electron chi connectivity index (χ3n) is 0.695. The van der Waals surface area contributed by atoms with E-state index in [2.05, 4.69) is 0 Å². The summed E-state index contributed by atoms with van der Waals surface area (Å²) in [6.07, 6.45) is 0. The molecule has 44 valence electrons. The summed E-state index contributed by atoms with van der Waals surface area (Å²) < 4.78 is 0. The van der Waals surface area contributed by atoms with Gasteiger partial charge in [0, 0.05) is 0 Å². The summed E-state index contributed by atoms with van der Waals surface area (Å²) in [5.41, 5.74) is 0. The van der Waals surface area contributed by atoms with Gasteiger partial charge in [-0.25, -0.2) is 0 Å². The van der Waals surface area contributed by atoms with Crippen molar-refractivity contribution in [3.8, 4) is 0 Å². The van der Waals surface area contributed by atoms with E-state index in [0.29, 0.717) is 0 Å². The molecule has 8 heavy (non-hydrogen) atoms. The van der Waals surface area contributed by atoms with Crippen LogP contribution in [-0.4, -0.2) is 52.3 Å². The second kappa shape index (κ2) is 5.56. The van der Waals surface area contributed by atoms with E-state index in [4.69, 9.17) is 10.2 Å². The Morgan fingerprint density at radius 1 is 1.75 bits per heavy atom. The fourth-order valence-corrected chi connectivity index (χ4v) is 0.0781. The first-order chi connectivity index (χ1) is 3.18. The first-order valence-electron chi connectivity index (χ1n) is 2.02. The van der Waals surface area contributed by atoms with Crippen LogP contribution in [-0.2, 0) is 4.79 Å². The Kier molecular flexibility index (Phi) is 7.83. The fourth-order valence-electron chi connectivity index (χ4n) is 0.0781. The molecule has 0 aliphatic carbocycles. The van der Waals surface area contributed by atoms with E-state index in [-0.39, 0.29) is 36.2 Å². The topological polar surface area (TPSA) is 57.5 Å². The summed E-state index contributed by atoms with van der Waals surface area (Å²) in [4.78, 5) is 9.77. The summed E-state index contributed by atoms with van der Waals surface area (Å²) >= 11 is 0. The zero-order valence-electron chi connectivity index (χ0n) is 4.09. The van der Waals surface area contributed by atoms with Gasteiger partial charge in [-0.1, -0.05) is 0 Å². The number of carboxylic acids is 1. The van der Waals surface area contributed by atoms with Crippen LogP contribution in [0.5, 0.6) is 0 Å². The standard InChI is InChI=1S/C4H8O3.Na.H/c1-3(2-5)4(6)7;;/h3,5H,2H2,1H3,(H,6,7);;. The number of rotatable bonds is 2. The third kappa shape index (κ3) is 4.59. The van der Waals surface area contributed by atoms with Gasteiger partial charge in [0.1, 0.15) is 0 Å². The molecule has 2 N–H and O–H groups in total. The minimum atomic E-state index is -0.956. The van der Waals surface area contributed by atoms with E-state index >= 15 is 0 Å². The molecule has 0 saturated carbocycles. The second-order valence-corrected chi connectivity index (χ2v) is 1.42. The van der Waals surface area contributed by atoms with Crippen LogP contribution in [0, 0.1) is 5.92 Å². The van der Waals surface area contributed by atoms with Crippen molar-refractivity contribution < 1.29 is 15.0 Å². The molecule has 1 atom stereocenters. The van der Waals surface area contributed by atoms with Crippen molar-refractivity contribution >= 4 is 35.5 Å². The van der Waals surface area contributed by atoms with Gasteiger partial charge in [-0.3, -0.25) is 4.79 Å². The molecule has 0 saturated heterocycles. The van der Waals surface area contributed by atoms with Gasteiger partial charge >= 0.3 is 35.5 Å². The SMILES string of the molecule is CC(CO)C(=O)O.[NaH]. The molecule has 0 radical (unpaired) electrons. The Morgan fingerprint density at radius 3 is 2.12 bits per heavy atom. The van der Waals surface area contributed by atoms with E-state index < -0.39 is 11.9 Å². The maximum absolute atomic E-state index is 9.77. The quantitative estimate of drug-likeness (QED) is 0.471. The predicted molar refractivity (Wildman–Crippen MR) is 31.0 cm³/mol. The Hall–Kier alpha value is 0.430. The Balaban J connectivity index is 0. The van der Waals surface area contributed by atoms with Gasteiger partial charge in [0.25, 0.3) is 0 Å². The van der Waals surface area contributed by atoms with E-state index in [0.717, 1.165) is 0 Å². The van der Waals surface area contributed by atoms with Crippen molar-refractivity contribution in [3.63, 3.8) is 0 Å². The average Bonchev–Trinajstić information content (AvgIpc) is 1.65. The normalized spacial score (nSPS) is 11.8. The van der Waals surface area contributed by atoms with Crippen molar-refractivity contribution in [2.75, 3.05) is 6.61 Å². The molecule has 0 aliphatic heterocycles. The molecule has 3 nitrogen and oxygen atoms in total. The number of carbonyl (C=O) groups is 1. The molecule has 0 aromatic heterocycles. The van der Waals surface area contributed by atoms with Crippen LogP contribution in [0.25, 0.3) is 0 Å². The number of carboxylic acid groups (broad SMARTS) is 1. The van der Waals surface area contributed by atoms with E-state index in [1.165, 1.54) is 6.92 Å². The van der Waals surface area contributed by atoms with Gasteiger partial charge in [-0.15, -0.1) is 0 Å². The molecule has 0 spiro atoms. The molecule has 0 aliphatic rings. The van der Waals surface area contributed by atoms with Gasteiger partial charge in [-0.2, -0.15) is 0 Å². The summed E-state index contributed by atoms with van der Waals surface area (Å²) in [6.45, 7) is 1.16. The molecule has 0 aromatic carbocycles. The molecule has 1 unspecified atom stereocenters. The Bertz CT molecular complexity index is 73.7. The van der Waals surface area contributed by atoms with Crippen LogP contribution in [0.15, 0.2) is 0 Å². The summed E-state index contributed by atoms with van der Waals surface area (Å²) in [5.74, 6) is -1.58. The second-order valence-electron chi connectivity index (χ2n) is 1.42. The van der Waals surface area contributed by atoms with Gasteiger partial charge < -0.3 is 10.2 Å². The summed E-state index contributed by atoms with van der Waals surface area (Å²) in [6, 6.07) is 0. The first kappa shape index (κ1) is 11.3. The molecule has 0 heterocycles. The van der Waals surface area contributed by atoms with Crippen LogP contribution in [0.1, 0.15) is 6.92 Å². The fraction of sp³-hybridized carbons (Fsp3) is 0.750. The number of aliphatic hydroxyl groups excluding tert-OH is 1. The van der Waals surface area contributed by atoms with Crippen molar-refractivity contribution in [3.05, 3.63) is 0 Å². The third-order valence-corrected chi connectivity index (χ3v) is 0.695. The van der Waals surface area contributed by atoms with Crippen LogP contribution >= 0.6 is 0 Å². The van der Waals surface area contributed by atoms with Crippen LogP contribution < -0.4 is 0 Å². The van der Waals surface area contributed by atoms with Crippen LogP contribution in [0.3, 0.4) is 0 Å². The zero-order chi connectivity index (χ0) is 5.86. The summed E-state index contributed by atoms with van der Waals surface area (Å²) in [7, 11) is 0. The molecule has 0 amide bonds. The molecule has 0 aromatic rings. The number of hydrogen-bond acceptors (Lipinski definition) is 2. The Morgan fingerprint density at radius 2 is 2.12 bits per heavy atom. The van der Waals surface area contributed by atoms with Crippen molar-refractivity contribution in [2.45, 2.75) is 6.92 Å². The van der Waals surface area contributed by atoms with E-state index in [1.807, 2.05) is 0 Å². The van der Waals surface area contributed by atoms with Gasteiger partial charge in [0.2, 0.25) is 0 Å². The molecular formula is C4H9NaO3. The maximum atomic E-state index is 9.77. The molecule has 0 bridgehead atoms. The van der Waals surface area contributed by atoms with Crippen molar-refractivity contribution in [1.29, 1.82) is 0 Å².